The van der Waals surface area contributed by atoms with Crippen LogP contribution in [0, 0.1) is 6.92 Å². The van der Waals surface area contributed by atoms with E-state index in [0.717, 1.165) is 25.2 Å². The molecule has 7 nitrogen and oxygen atoms in total. The highest BCUT2D eigenvalue weighted by Crippen LogP contribution is 2.18. The Morgan fingerprint density at radius 1 is 1.03 bits per heavy atom. The van der Waals surface area contributed by atoms with Crippen LogP contribution >= 0.6 is 11.3 Å². The molecule has 0 unspecified atom stereocenters. The highest BCUT2D eigenvalue weighted by Gasteiger charge is 2.23. The van der Waals surface area contributed by atoms with Gasteiger partial charge in [-0.3, -0.25) is 15.0 Å². The summed E-state index contributed by atoms with van der Waals surface area (Å²) in [6, 6.07) is 17.4. The first-order chi connectivity index (χ1) is 16.1. The maximum atomic E-state index is 12.8. The molecule has 2 aromatic carbocycles. The van der Waals surface area contributed by atoms with Gasteiger partial charge in [0.15, 0.2) is 5.13 Å². The number of amides is 3. The number of nitrogens with zero attached hydrogens (tertiary/aromatic N) is 3. The number of anilines is 2. The summed E-state index contributed by atoms with van der Waals surface area (Å²) in [4.78, 5) is 33.5. The van der Waals surface area contributed by atoms with E-state index in [1.54, 1.807) is 5.38 Å². The van der Waals surface area contributed by atoms with Gasteiger partial charge in [0.05, 0.1) is 0 Å². The molecular formula is C25H27N5O2S. The molecule has 0 aliphatic carbocycles. The predicted octanol–water partition coefficient (Wildman–Crippen LogP) is 4.57. The van der Waals surface area contributed by atoms with Crippen molar-refractivity contribution in [3.05, 3.63) is 82.9 Å². The van der Waals surface area contributed by atoms with Crippen LogP contribution in [-0.4, -0.2) is 59.4 Å². The molecule has 0 atom stereocenters. The Balaban J connectivity index is 1.24. The number of piperazine rings is 1. The fourth-order valence-electron chi connectivity index (χ4n) is 3.61. The molecule has 0 saturated carbocycles. The number of aromatic nitrogens is 1. The van der Waals surface area contributed by atoms with Gasteiger partial charge < -0.3 is 10.2 Å². The van der Waals surface area contributed by atoms with Gasteiger partial charge in [-0.15, -0.1) is 11.3 Å². The van der Waals surface area contributed by atoms with E-state index in [1.807, 2.05) is 54.3 Å². The van der Waals surface area contributed by atoms with Crippen molar-refractivity contribution in [3.8, 4) is 0 Å². The molecule has 0 bridgehead atoms. The van der Waals surface area contributed by atoms with E-state index >= 15 is 0 Å². The molecule has 0 spiro atoms. The van der Waals surface area contributed by atoms with Gasteiger partial charge in [-0.25, -0.2) is 9.78 Å². The third-order valence-electron chi connectivity index (χ3n) is 5.35. The van der Waals surface area contributed by atoms with Crippen LogP contribution in [0.1, 0.15) is 21.6 Å². The van der Waals surface area contributed by atoms with Gasteiger partial charge in [0.25, 0.3) is 5.91 Å². The summed E-state index contributed by atoms with van der Waals surface area (Å²) in [5.41, 5.74) is 3.31. The topological polar surface area (TPSA) is 77.6 Å². The standard InChI is InChI=1S/C25H27N5O2S/c1-19-7-5-11-21(17-19)26-24(32)28-25-27-22(18-33-25)23(31)30-15-13-29(14-16-30)12-6-10-20-8-3-2-4-9-20/h2-11,17-18H,12-16H2,1H3,(H2,26,27,28,32)/b10-6+. The zero-order valence-corrected chi connectivity index (χ0v) is 19.3. The number of carbonyl (C=O) groups is 2. The first kappa shape index (κ1) is 22.7. The van der Waals surface area contributed by atoms with Crippen molar-refractivity contribution >= 4 is 40.2 Å². The largest absolute Gasteiger partial charge is 0.335 e. The van der Waals surface area contributed by atoms with Crippen molar-refractivity contribution in [3.63, 3.8) is 0 Å². The van der Waals surface area contributed by atoms with Crippen molar-refractivity contribution < 1.29 is 9.59 Å². The predicted molar refractivity (Wildman–Crippen MR) is 134 cm³/mol. The van der Waals surface area contributed by atoms with Gasteiger partial charge in [-0.1, -0.05) is 54.6 Å². The lowest BCUT2D eigenvalue weighted by Crippen LogP contribution is -2.48. The van der Waals surface area contributed by atoms with Crippen LogP contribution in [-0.2, 0) is 0 Å². The normalized spacial score (nSPS) is 14.4. The first-order valence-electron chi connectivity index (χ1n) is 10.9. The molecule has 1 fully saturated rings. The Morgan fingerprint density at radius 3 is 2.58 bits per heavy atom. The molecule has 3 amide bonds. The van der Waals surface area contributed by atoms with Crippen molar-refractivity contribution in [2.75, 3.05) is 43.4 Å². The van der Waals surface area contributed by atoms with E-state index in [2.05, 4.69) is 44.8 Å². The summed E-state index contributed by atoms with van der Waals surface area (Å²) < 4.78 is 0. The minimum Gasteiger partial charge on any atom is -0.335 e. The SMILES string of the molecule is Cc1cccc(NC(=O)Nc2nc(C(=O)N3CCN(C/C=C/c4ccccc4)CC3)cs2)c1. The lowest BCUT2D eigenvalue weighted by Gasteiger charge is -2.33. The summed E-state index contributed by atoms with van der Waals surface area (Å²) in [5, 5.41) is 7.57. The van der Waals surface area contributed by atoms with Crippen molar-refractivity contribution in [1.82, 2.24) is 14.8 Å². The summed E-state index contributed by atoms with van der Waals surface area (Å²) in [5.74, 6) is -0.0992. The minimum atomic E-state index is -0.383. The van der Waals surface area contributed by atoms with Gasteiger partial charge in [0.1, 0.15) is 5.69 Å². The number of benzene rings is 2. The second kappa shape index (κ2) is 10.9. The van der Waals surface area contributed by atoms with E-state index in [0.29, 0.717) is 29.6 Å². The lowest BCUT2D eigenvalue weighted by atomic mass is 10.2. The molecule has 0 radical (unpaired) electrons. The third kappa shape index (κ3) is 6.50. The zero-order valence-electron chi connectivity index (χ0n) is 18.5. The monoisotopic (exact) mass is 461 g/mol. The summed E-state index contributed by atoms with van der Waals surface area (Å²) in [6.45, 7) is 5.77. The minimum absolute atomic E-state index is 0.0992. The van der Waals surface area contributed by atoms with E-state index in [4.69, 9.17) is 0 Å². The van der Waals surface area contributed by atoms with Crippen LogP contribution in [0.2, 0.25) is 0 Å². The molecular weight excluding hydrogens is 434 g/mol. The van der Waals surface area contributed by atoms with Crippen molar-refractivity contribution in [2.45, 2.75) is 6.92 Å². The van der Waals surface area contributed by atoms with Gasteiger partial charge in [0, 0.05) is 43.8 Å². The summed E-state index contributed by atoms with van der Waals surface area (Å²) in [7, 11) is 0. The smallest absolute Gasteiger partial charge is 0.325 e. The molecule has 2 N–H and O–H groups in total. The summed E-state index contributed by atoms with van der Waals surface area (Å²) >= 11 is 1.24. The summed E-state index contributed by atoms with van der Waals surface area (Å²) in [6.07, 6.45) is 4.28. The Kier molecular flexibility index (Phi) is 7.49. The Bertz CT molecular complexity index is 1120. The molecule has 170 valence electrons. The van der Waals surface area contributed by atoms with Gasteiger partial charge in [-0.05, 0) is 30.2 Å². The molecule has 4 rings (SSSR count). The number of hydrogen-bond donors (Lipinski definition) is 2. The molecule has 2 heterocycles. The van der Waals surface area contributed by atoms with Crippen LogP contribution in [0.15, 0.2) is 66.1 Å². The second-order valence-electron chi connectivity index (χ2n) is 7.89. The van der Waals surface area contributed by atoms with Crippen LogP contribution in [0.4, 0.5) is 15.6 Å². The molecule has 8 heteroatoms. The van der Waals surface area contributed by atoms with E-state index in [1.165, 1.54) is 16.9 Å². The lowest BCUT2D eigenvalue weighted by molar-refractivity contribution is 0.0645. The first-order valence-corrected chi connectivity index (χ1v) is 11.8. The number of urea groups is 1. The number of carbonyl (C=O) groups excluding carboxylic acids is 2. The number of thiazole rings is 1. The molecule has 1 saturated heterocycles. The van der Waals surface area contributed by atoms with Crippen LogP contribution in [0.3, 0.4) is 0 Å². The van der Waals surface area contributed by atoms with Crippen LogP contribution in [0.25, 0.3) is 6.08 Å². The fourth-order valence-corrected chi connectivity index (χ4v) is 4.29. The van der Waals surface area contributed by atoms with Crippen LogP contribution < -0.4 is 10.6 Å². The highest BCUT2D eigenvalue weighted by atomic mass is 32.1. The van der Waals surface area contributed by atoms with Crippen LogP contribution in [0.5, 0.6) is 0 Å². The Morgan fingerprint density at radius 2 is 1.82 bits per heavy atom. The number of nitrogens with one attached hydrogen (secondary N) is 2. The Labute approximate surface area is 197 Å². The highest BCUT2D eigenvalue weighted by molar-refractivity contribution is 7.14. The number of hydrogen-bond acceptors (Lipinski definition) is 5. The van der Waals surface area contributed by atoms with E-state index < -0.39 is 0 Å². The average Bonchev–Trinajstić information content (AvgIpc) is 3.28. The maximum Gasteiger partial charge on any atom is 0.325 e. The fraction of sp³-hybridized carbons (Fsp3) is 0.240. The molecule has 1 aromatic heterocycles. The van der Waals surface area contributed by atoms with Crippen molar-refractivity contribution in [2.24, 2.45) is 0 Å². The quantitative estimate of drug-likeness (QED) is 0.564. The number of aryl methyl sites for hydroxylation is 1. The maximum absolute atomic E-state index is 12.8. The van der Waals surface area contributed by atoms with E-state index in [9.17, 15) is 9.59 Å². The number of rotatable bonds is 6. The van der Waals surface area contributed by atoms with Gasteiger partial charge in [0.2, 0.25) is 0 Å². The van der Waals surface area contributed by atoms with Crippen molar-refractivity contribution in [1.29, 1.82) is 0 Å². The molecule has 3 aromatic rings. The zero-order chi connectivity index (χ0) is 23.0. The molecule has 33 heavy (non-hydrogen) atoms. The molecule has 1 aliphatic heterocycles. The van der Waals surface area contributed by atoms with Gasteiger partial charge in [-0.2, -0.15) is 0 Å². The third-order valence-corrected chi connectivity index (χ3v) is 6.11. The average molecular weight is 462 g/mol. The van der Waals surface area contributed by atoms with Gasteiger partial charge >= 0.3 is 6.03 Å². The Hall–Kier alpha value is -3.49. The van der Waals surface area contributed by atoms with E-state index in [-0.39, 0.29) is 11.9 Å². The second-order valence-corrected chi connectivity index (χ2v) is 8.75. The molecule has 1 aliphatic rings.